The van der Waals surface area contributed by atoms with Gasteiger partial charge in [0.05, 0.1) is 4.92 Å². The maximum absolute atomic E-state index is 11.1. The lowest BCUT2D eigenvalue weighted by atomic mass is 10.3. The fourth-order valence-electron chi connectivity index (χ4n) is 1.79. The summed E-state index contributed by atoms with van der Waals surface area (Å²) in [6, 6.07) is 1.50. The summed E-state index contributed by atoms with van der Waals surface area (Å²) in [4.78, 5) is 18.9. The minimum atomic E-state index is -0.387. The van der Waals surface area contributed by atoms with Crippen molar-refractivity contribution in [1.29, 1.82) is 0 Å². The van der Waals surface area contributed by atoms with Crippen molar-refractivity contribution in [3.63, 3.8) is 0 Å². The van der Waals surface area contributed by atoms with E-state index in [9.17, 15) is 10.1 Å². The molecular formula is C12H19BrN4O2. The molecule has 106 valence electrons. The smallest absolute Gasteiger partial charge is 0.312 e. The third-order valence-electron chi connectivity index (χ3n) is 2.73. The first-order valence-electron chi connectivity index (χ1n) is 6.15. The van der Waals surface area contributed by atoms with E-state index in [1.54, 1.807) is 6.20 Å². The lowest BCUT2D eigenvalue weighted by Gasteiger charge is -2.22. The van der Waals surface area contributed by atoms with Crippen molar-refractivity contribution >= 4 is 27.4 Å². The Hall–Kier alpha value is -1.21. The summed E-state index contributed by atoms with van der Waals surface area (Å²) in [6.45, 7) is 4.37. The second-order valence-electron chi connectivity index (χ2n) is 4.49. The summed E-state index contributed by atoms with van der Waals surface area (Å²) in [6.07, 6.45) is 2.53. The van der Waals surface area contributed by atoms with Crippen LogP contribution in [0.3, 0.4) is 0 Å². The average molecular weight is 331 g/mol. The van der Waals surface area contributed by atoms with Crippen LogP contribution in [-0.4, -0.2) is 48.5 Å². The van der Waals surface area contributed by atoms with Gasteiger partial charge in [-0.1, -0.05) is 0 Å². The largest absolute Gasteiger partial charge is 0.351 e. The monoisotopic (exact) mass is 330 g/mol. The maximum Gasteiger partial charge on any atom is 0.312 e. The van der Waals surface area contributed by atoms with Gasteiger partial charge in [-0.2, -0.15) is 0 Å². The van der Waals surface area contributed by atoms with Crippen molar-refractivity contribution in [2.24, 2.45) is 0 Å². The Morgan fingerprint density at radius 1 is 1.42 bits per heavy atom. The highest BCUT2D eigenvalue weighted by atomic mass is 79.9. The molecule has 1 heterocycles. The molecule has 0 N–H and O–H groups in total. The summed E-state index contributed by atoms with van der Waals surface area (Å²) in [5.41, 5.74) is 0.0427. The van der Waals surface area contributed by atoms with Gasteiger partial charge in [0.1, 0.15) is 0 Å². The van der Waals surface area contributed by atoms with Crippen molar-refractivity contribution < 1.29 is 4.92 Å². The molecule has 0 fully saturated rings. The van der Waals surface area contributed by atoms with Gasteiger partial charge in [0.25, 0.3) is 0 Å². The molecule has 1 rings (SSSR count). The Bertz CT molecular complexity index is 440. The fourth-order valence-corrected chi connectivity index (χ4v) is 2.11. The number of hydrogen-bond acceptors (Lipinski definition) is 5. The predicted octanol–water partition coefficient (Wildman–Crippen LogP) is 2.53. The van der Waals surface area contributed by atoms with E-state index in [0.29, 0.717) is 16.8 Å². The van der Waals surface area contributed by atoms with Crippen LogP contribution in [0.5, 0.6) is 0 Å². The van der Waals surface area contributed by atoms with Crippen molar-refractivity contribution in [1.82, 2.24) is 9.88 Å². The van der Waals surface area contributed by atoms with Gasteiger partial charge in [-0.15, -0.1) is 0 Å². The Labute approximate surface area is 121 Å². The molecular weight excluding hydrogens is 312 g/mol. The molecule has 0 spiro atoms. The van der Waals surface area contributed by atoms with E-state index in [0.717, 1.165) is 19.5 Å². The van der Waals surface area contributed by atoms with Gasteiger partial charge in [0.2, 0.25) is 5.82 Å². The van der Waals surface area contributed by atoms with E-state index < -0.39 is 0 Å². The molecule has 0 bridgehead atoms. The molecule has 0 aliphatic heterocycles. The normalized spacial score (nSPS) is 10.8. The summed E-state index contributed by atoms with van der Waals surface area (Å²) in [5, 5.41) is 11.1. The minimum absolute atomic E-state index is 0.0427. The van der Waals surface area contributed by atoms with E-state index in [2.05, 4.69) is 25.8 Å². The molecule has 0 saturated heterocycles. The third-order valence-corrected chi connectivity index (χ3v) is 3.16. The number of aromatic nitrogens is 1. The second-order valence-corrected chi connectivity index (χ2v) is 5.41. The van der Waals surface area contributed by atoms with Crippen LogP contribution in [0.15, 0.2) is 16.7 Å². The molecule has 0 atom stereocenters. The third kappa shape index (κ3) is 4.76. The summed E-state index contributed by atoms with van der Waals surface area (Å²) < 4.78 is 0.618. The number of halogens is 1. The van der Waals surface area contributed by atoms with Gasteiger partial charge < -0.3 is 9.80 Å². The predicted molar refractivity (Wildman–Crippen MR) is 79.6 cm³/mol. The molecule has 0 aromatic carbocycles. The maximum atomic E-state index is 11.1. The number of nitrogens with zero attached hydrogens (tertiary/aromatic N) is 4. The molecule has 7 heteroatoms. The Balaban J connectivity index is 2.88. The summed E-state index contributed by atoms with van der Waals surface area (Å²) in [5.74, 6) is 0.439. The molecule has 1 aromatic rings. The minimum Gasteiger partial charge on any atom is -0.351 e. The second kappa shape index (κ2) is 7.40. The quantitative estimate of drug-likeness (QED) is 0.567. The van der Waals surface area contributed by atoms with Crippen LogP contribution < -0.4 is 4.90 Å². The Morgan fingerprint density at radius 2 is 2.11 bits per heavy atom. The number of pyridine rings is 1. The average Bonchev–Trinajstić information content (AvgIpc) is 2.34. The molecule has 0 amide bonds. The number of nitro groups is 1. The molecule has 6 nitrogen and oxygen atoms in total. The molecule has 0 unspecified atom stereocenters. The van der Waals surface area contributed by atoms with E-state index in [4.69, 9.17) is 0 Å². The van der Waals surface area contributed by atoms with Crippen LogP contribution in [0.25, 0.3) is 0 Å². The first kappa shape index (κ1) is 15.8. The van der Waals surface area contributed by atoms with Crippen LogP contribution in [0.1, 0.15) is 13.3 Å². The SMILES string of the molecule is CCN(CCCN(C)C)c1ncc(Br)cc1[N+](=O)[O-]. The van der Waals surface area contributed by atoms with Gasteiger partial charge >= 0.3 is 5.69 Å². The number of rotatable bonds is 7. The lowest BCUT2D eigenvalue weighted by Crippen LogP contribution is -2.28. The highest BCUT2D eigenvalue weighted by Gasteiger charge is 2.20. The van der Waals surface area contributed by atoms with E-state index >= 15 is 0 Å². The Kier molecular flexibility index (Phi) is 6.17. The molecule has 19 heavy (non-hydrogen) atoms. The summed E-state index contributed by atoms with van der Waals surface area (Å²) in [7, 11) is 4.02. The molecule has 0 aliphatic rings. The molecule has 1 aromatic heterocycles. The fraction of sp³-hybridized carbons (Fsp3) is 0.583. The van der Waals surface area contributed by atoms with Crippen molar-refractivity contribution in [2.75, 3.05) is 38.6 Å². The van der Waals surface area contributed by atoms with Crippen LogP contribution >= 0.6 is 15.9 Å². The topological polar surface area (TPSA) is 62.5 Å². The molecule has 0 aliphatic carbocycles. The van der Waals surface area contributed by atoms with Crippen LogP contribution in [0, 0.1) is 10.1 Å². The van der Waals surface area contributed by atoms with Crippen LogP contribution in [0.2, 0.25) is 0 Å². The number of anilines is 1. The van der Waals surface area contributed by atoms with Gasteiger partial charge in [0.15, 0.2) is 0 Å². The van der Waals surface area contributed by atoms with Crippen molar-refractivity contribution in [3.05, 3.63) is 26.9 Å². The standard InChI is InChI=1S/C12H19BrN4O2/c1-4-16(7-5-6-15(2)3)12-11(17(18)19)8-10(13)9-14-12/h8-9H,4-7H2,1-3H3. The summed E-state index contributed by atoms with van der Waals surface area (Å²) >= 11 is 3.22. The highest BCUT2D eigenvalue weighted by Crippen LogP contribution is 2.28. The van der Waals surface area contributed by atoms with E-state index in [-0.39, 0.29) is 10.6 Å². The Morgan fingerprint density at radius 3 is 2.63 bits per heavy atom. The highest BCUT2D eigenvalue weighted by molar-refractivity contribution is 9.10. The lowest BCUT2D eigenvalue weighted by molar-refractivity contribution is -0.384. The first-order chi connectivity index (χ1) is 8.95. The van der Waals surface area contributed by atoms with Gasteiger partial charge in [-0.3, -0.25) is 10.1 Å². The zero-order valence-corrected chi connectivity index (χ0v) is 13.1. The zero-order valence-electron chi connectivity index (χ0n) is 11.5. The van der Waals surface area contributed by atoms with Gasteiger partial charge in [0, 0.05) is 29.8 Å². The first-order valence-corrected chi connectivity index (χ1v) is 6.94. The van der Waals surface area contributed by atoms with Gasteiger partial charge in [-0.05, 0) is 49.9 Å². The molecule has 0 saturated carbocycles. The molecule has 0 radical (unpaired) electrons. The van der Waals surface area contributed by atoms with Crippen molar-refractivity contribution in [3.8, 4) is 0 Å². The van der Waals surface area contributed by atoms with Crippen LogP contribution in [-0.2, 0) is 0 Å². The van der Waals surface area contributed by atoms with E-state index in [1.165, 1.54) is 6.07 Å². The van der Waals surface area contributed by atoms with Crippen molar-refractivity contribution in [2.45, 2.75) is 13.3 Å². The number of hydrogen-bond donors (Lipinski definition) is 0. The van der Waals surface area contributed by atoms with Gasteiger partial charge in [-0.25, -0.2) is 4.98 Å². The van der Waals surface area contributed by atoms with Crippen LogP contribution in [0.4, 0.5) is 11.5 Å². The zero-order chi connectivity index (χ0) is 14.4. The van der Waals surface area contributed by atoms with E-state index in [1.807, 2.05) is 25.9 Å².